The third-order valence-corrected chi connectivity index (χ3v) is 5.99. The minimum atomic E-state index is 0.554. The first-order valence-electron chi connectivity index (χ1n) is 9.69. The highest BCUT2D eigenvalue weighted by Crippen LogP contribution is 2.26. The number of nitrogens with zero attached hydrogens (tertiary/aromatic N) is 6. The van der Waals surface area contributed by atoms with Crippen molar-refractivity contribution in [3.63, 3.8) is 0 Å². The predicted molar refractivity (Wildman–Crippen MR) is 98.0 cm³/mol. The molecule has 0 N–H and O–H groups in total. The molecule has 0 bridgehead atoms. The first-order valence-corrected chi connectivity index (χ1v) is 9.69. The lowest BCUT2D eigenvalue weighted by Crippen LogP contribution is -2.58. The molecule has 7 heteroatoms. The topological polar surface area (TPSA) is 59.3 Å². The van der Waals surface area contributed by atoms with E-state index in [9.17, 15) is 0 Å². The molecule has 0 aromatic carbocycles. The Morgan fingerprint density at radius 3 is 3.04 bits per heavy atom. The lowest BCUT2D eigenvalue weighted by Gasteiger charge is -2.44. The van der Waals surface area contributed by atoms with Crippen LogP contribution in [0.1, 0.15) is 35.6 Å². The van der Waals surface area contributed by atoms with Crippen LogP contribution in [0.25, 0.3) is 0 Å². The van der Waals surface area contributed by atoms with Gasteiger partial charge in [0.25, 0.3) is 0 Å². The van der Waals surface area contributed by atoms with E-state index in [4.69, 9.17) is 4.74 Å². The third-order valence-electron chi connectivity index (χ3n) is 5.99. The van der Waals surface area contributed by atoms with E-state index in [0.717, 1.165) is 57.3 Å². The fourth-order valence-electron chi connectivity index (χ4n) is 4.23. The van der Waals surface area contributed by atoms with Gasteiger partial charge in [0, 0.05) is 38.4 Å². The minimum absolute atomic E-state index is 0.554. The molecule has 3 aliphatic rings. The summed E-state index contributed by atoms with van der Waals surface area (Å²) >= 11 is 0. The summed E-state index contributed by atoms with van der Waals surface area (Å²) in [6, 6.07) is 2.82. The summed E-state index contributed by atoms with van der Waals surface area (Å²) in [5, 5.41) is 8.94. The highest BCUT2D eigenvalue weighted by molar-refractivity contribution is 5.45. The average Bonchev–Trinajstić information content (AvgIpc) is 3.03. The molecule has 1 aliphatic carbocycles. The molecule has 1 saturated heterocycles. The maximum Gasteiger partial charge on any atom is 0.151 e. The first-order chi connectivity index (χ1) is 12.8. The zero-order valence-electron chi connectivity index (χ0n) is 15.4. The molecule has 0 radical (unpaired) electrons. The summed E-state index contributed by atoms with van der Waals surface area (Å²) in [6.45, 7) is 5.32. The molecule has 0 spiro atoms. The van der Waals surface area contributed by atoms with Crippen molar-refractivity contribution in [2.75, 3.05) is 31.6 Å². The number of anilines is 1. The van der Waals surface area contributed by atoms with Gasteiger partial charge in [-0.15, -0.1) is 5.10 Å². The molecule has 5 rings (SSSR count). The van der Waals surface area contributed by atoms with Gasteiger partial charge in [-0.3, -0.25) is 4.90 Å². The molecule has 7 nitrogen and oxygen atoms in total. The van der Waals surface area contributed by atoms with Crippen LogP contribution >= 0.6 is 0 Å². The quantitative estimate of drug-likeness (QED) is 0.827. The number of aryl methyl sites for hydroxylation is 2. The Kier molecular flexibility index (Phi) is 4.13. The zero-order chi connectivity index (χ0) is 17.5. The number of fused-ring (bicyclic) bond motifs is 2. The van der Waals surface area contributed by atoms with Gasteiger partial charge >= 0.3 is 0 Å². The predicted octanol–water partition coefficient (Wildman–Crippen LogP) is 1.40. The molecule has 138 valence electrons. The van der Waals surface area contributed by atoms with E-state index >= 15 is 0 Å². The maximum absolute atomic E-state index is 5.48. The molecular formula is C19H26N6O. The second-order valence-electron chi connectivity index (χ2n) is 7.73. The van der Waals surface area contributed by atoms with Crippen LogP contribution in [-0.4, -0.2) is 57.4 Å². The van der Waals surface area contributed by atoms with Crippen molar-refractivity contribution in [2.45, 2.75) is 51.4 Å². The van der Waals surface area contributed by atoms with Crippen molar-refractivity contribution in [1.82, 2.24) is 24.6 Å². The molecule has 0 atom stereocenters. The Bertz CT molecular complexity index is 797. The largest absolute Gasteiger partial charge is 0.372 e. The maximum atomic E-state index is 5.48. The van der Waals surface area contributed by atoms with Crippen LogP contribution in [0.3, 0.4) is 0 Å². The van der Waals surface area contributed by atoms with Gasteiger partial charge in [-0.05, 0) is 44.4 Å². The second-order valence-corrected chi connectivity index (χ2v) is 7.73. The van der Waals surface area contributed by atoms with E-state index in [-0.39, 0.29) is 0 Å². The van der Waals surface area contributed by atoms with E-state index in [1.54, 1.807) is 0 Å². The fourth-order valence-corrected chi connectivity index (χ4v) is 4.23. The summed E-state index contributed by atoms with van der Waals surface area (Å²) < 4.78 is 7.79. The summed E-state index contributed by atoms with van der Waals surface area (Å²) in [7, 11) is 2.21. The normalized spacial score (nSPS) is 20.0. The van der Waals surface area contributed by atoms with E-state index in [1.165, 1.54) is 29.8 Å². The van der Waals surface area contributed by atoms with Crippen LogP contribution in [0.15, 0.2) is 12.3 Å². The Hall–Kier alpha value is -1.99. The summed E-state index contributed by atoms with van der Waals surface area (Å²) in [6.07, 6.45) is 6.79. The van der Waals surface area contributed by atoms with Crippen LogP contribution < -0.4 is 4.90 Å². The second kappa shape index (κ2) is 6.63. The smallest absolute Gasteiger partial charge is 0.151 e. The number of imidazole rings is 1. The third kappa shape index (κ3) is 2.89. The van der Waals surface area contributed by atoms with E-state index < -0.39 is 0 Å². The van der Waals surface area contributed by atoms with Gasteiger partial charge in [0.2, 0.25) is 0 Å². The van der Waals surface area contributed by atoms with Gasteiger partial charge in [-0.2, -0.15) is 5.10 Å². The van der Waals surface area contributed by atoms with Gasteiger partial charge in [0.15, 0.2) is 5.82 Å². The monoisotopic (exact) mass is 354 g/mol. The highest BCUT2D eigenvalue weighted by Gasteiger charge is 2.32. The zero-order valence-corrected chi connectivity index (χ0v) is 15.4. The molecule has 0 amide bonds. The molecule has 2 aliphatic heterocycles. The van der Waals surface area contributed by atoms with Crippen molar-refractivity contribution in [1.29, 1.82) is 0 Å². The van der Waals surface area contributed by atoms with Crippen LogP contribution in [0, 0.1) is 0 Å². The van der Waals surface area contributed by atoms with Gasteiger partial charge in [0.05, 0.1) is 18.0 Å². The number of ether oxygens (including phenoxy) is 1. The van der Waals surface area contributed by atoms with Crippen molar-refractivity contribution in [3.05, 3.63) is 35.0 Å². The first kappa shape index (κ1) is 16.2. The SMILES string of the molecule is CN(Cc1cnc2n1CCOC2)C1CN(c2cc3c(nn2)CCCC3)C1. The molecule has 2 aromatic heterocycles. The van der Waals surface area contributed by atoms with Crippen molar-refractivity contribution < 1.29 is 4.74 Å². The lowest BCUT2D eigenvalue weighted by molar-refractivity contribution is 0.0791. The standard InChI is InChI=1S/C19H26N6O/c1-23(10-15-9-20-19-13-26-7-6-25(15)19)16-11-24(12-16)18-8-14-4-2-3-5-17(14)21-22-18/h8-9,16H,2-7,10-13H2,1H3. The van der Waals surface area contributed by atoms with Crippen molar-refractivity contribution in [2.24, 2.45) is 0 Å². The van der Waals surface area contributed by atoms with Crippen LogP contribution in [0.5, 0.6) is 0 Å². The Labute approximate surface area is 154 Å². The Morgan fingerprint density at radius 1 is 1.23 bits per heavy atom. The number of hydrogen-bond donors (Lipinski definition) is 0. The molecule has 1 fully saturated rings. The van der Waals surface area contributed by atoms with Gasteiger partial charge in [-0.1, -0.05) is 0 Å². The van der Waals surface area contributed by atoms with Gasteiger partial charge in [0.1, 0.15) is 12.4 Å². The molecule has 4 heterocycles. The fraction of sp³-hybridized carbons (Fsp3) is 0.632. The number of hydrogen-bond acceptors (Lipinski definition) is 6. The van der Waals surface area contributed by atoms with E-state index in [1.807, 2.05) is 6.20 Å². The summed E-state index contributed by atoms with van der Waals surface area (Å²) in [5.41, 5.74) is 3.91. The highest BCUT2D eigenvalue weighted by atomic mass is 16.5. The van der Waals surface area contributed by atoms with Crippen LogP contribution in [-0.2, 0) is 37.3 Å². The Balaban J connectivity index is 1.21. The molecular weight excluding hydrogens is 328 g/mol. The molecule has 26 heavy (non-hydrogen) atoms. The van der Waals surface area contributed by atoms with Crippen molar-refractivity contribution in [3.8, 4) is 0 Å². The van der Waals surface area contributed by atoms with Crippen LogP contribution in [0.4, 0.5) is 5.82 Å². The van der Waals surface area contributed by atoms with E-state index in [2.05, 4.69) is 42.7 Å². The summed E-state index contributed by atoms with van der Waals surface area (Å²) in [5.74, 6) is 2.11. The number of likely N-dealkylation sites (N-methyl/N-ethyl adjacent to an activating group) is 1. The van der Waals surface area contributed by atoms with E-state index in [0.29, 0.717) is 12.6 Å². The molecule has 0 saturated carbocycles. The number of aromatic nitrogens is 4. The minimum Gasteiger partial charge on any atom is -0.372 e. The van der Waals surface area contributed by atoms with Crippen molar-refractivity contribution >= 4 is 5.82 Å². The Morgan fingerprint density at radius 2 is 2.12 bits per heavy atom. The number of rotatable bonds is 4. The molecule has 2 aromatic rings. The summed E-state index contributed by atoms with van der Waals surface area (Å²) in [4.78, 5) is 9.28. The molecule has 0 unspecified atom stereocenters. The van der Waals surface area contributed by atoms with Gasteiger partial charge < -0.3 is 14.2 Å². The van der Waals surface area contributed by atoms with Crippen LogP contribution in [0.2, 0.25) is 0 Å². The van der Waals surface area contributed by atoms with Gasteiger partial charge in [-0.25, -0.2) is 4.98 Å². The average molecular weight is 354 g/mol. The lowest BCUT2D eigenvalue weighted by atomic mass is 9.96.